The molecule has 1 aliphatic rings. The summed E-state index contributed by atoms with van der Waals surface area (Å²) >= 11 is 0. The minimum Gasteiger partial charge on any atom is -0.393 e. The lowest BCUT2D eigenvalue weighted by molar-refractivity contribution is -0.137. The second-order valence-corrected chi connectivity index (χ2v) is 5.55. The highest BCUT2D eigenvalue weighted by Crippen LogP contribution is 2.36. The van der Waals surface area contributed by atoms with Gasteiger partial charge in [-0.2, -0.15) is 23.3 Å². The molecule has 0 aromatic carbocycles. The number of anilines is 3. The van der Waals surface area contributed by atoms with Gasteiger partial charge in [-0.3, -0.25) is 0 Å². The zero-order valence-electron chi connectivity index (χ0n) is 12.9. The molecule has 0 saturated heterocycles. The first-order chi connectivity index (χ1) is 11.4. The number of aliphatic hydroxyl groups excluding tert-OH is 1. The molecule has 0 radical (unpaired) electrons. The first kappa shape index (κ1) is 16.5. The maximum absolute atomic E-state index is 13.0. The van der Waals surface area contributed by atoms with E-state index in [1.54, 1.807) is 23.9 Å². The van der Waals surface area contributed by atoms with Crippen molar-refractivity contribution in [2.24, 2.45) is 0 Å². The van der Waals surface area contributed by atoms with Gasteiger partial charge in [-0.25, -0.2) is 9.67 Å². The average Bonchev–Trinajstić information content (AvgIpc) is 2.91. The molecule has 1 aliphatic carbocycles. The molecule has 2 heterocycles. The van der Waals surface area contributed by atoms with Crippen LogP contribution < -0.4 is 10.6 Å². The van der Waals surface area contributed by atoms with E-state index in [9.17, 15) is 18.3 Å². The van der Waals surface area contributed by atoms with Gasteiger partial charge in [0.15, 0.2) is 0 Å². The molecular formula is C14H17F3N6O. The predicted molar refractivity (Wildman–Crippen MR) is 81.0 cm³/mol. The van der Waals surface area contributed by atoms with Gasteiger partial charge in [-0.1, -0.05) is 0 Å². The predicted octanol–water partition coefficient (Wildman–Crippen LogP) is 2.56. The molecule has 2 aromatic heterocycles. The SMILES string of the molecule is CCNc1nc(Nc2ccnn2[C@H]2C[C@@H](O)C2)ncc1C(F)(F)F. The summed E-state index contributed by atoms with van der Waals surface area (Å²) in [5.74, 6) is 0.335. The minimum atomic E-state index is -4.53. The summed E-state index contributed by atoms with van der Waals surface area (Å²) in [4.78, 5) is 7.67. The van der Waals surface area contributed by atoms with Gasteiger partial charge in [0.1, 0.15) is 17.2 Å². The van der Waals surface area contributed by atoms with E-state index in [4.69, 9.17) is 0 Å². The summed E-state index contributed by atoms with van der Waals surface area (Å²) in [7, 11) is 0. The van der Waals surface area contributed by atoms with Crippen LogP contribution in [0.5, 0.6) is 0 Å². The topological polar surface area (TPSA) is 87.9 Å². The summed E-state index contributed by atoms with van der Waals surface area (Å²) in [6.45, 7) is 1.99. The zero-order valence-corrected chi connectivity index (χ0v) is 12.9. The second-order valence-electron chi connectivity index (χ2n) is 5.55. The van der Waals surface area contributed by atoms with Crippen LogP contribution in [0.2, 0.25) is 0 Å². The van der Waals surface area contributed by atoms with Crippen molar-refractivity contribution in [3.8, 4) is 0 Å². The molecule has 10 heteroatoms. The highest BCUT2D eigenvalue weighted by atomic mass is 19.4. The number of nitrogens with zero attached hydrogens (tertiary/aromatic N) is 4. The van der Waals surface area contributed by atoms with Crippen molar-refractivity contribution in [1.29, 1.82) is 0 Å². The Labute approximate surface area is 135 Å². The van der Waals surface area contributed by atoms with E-state index in [1.807, 2.05) is 0 Å². The van der Waals surface area contributed by atoms with Crippen molar-refractivity contribution in [2.45, 2.75) is 38.1 Å². The maximum atomic E-state index is 13.0. The Hall–Kier alpha value is -2.36. The third kappa shape index (κ3) is 3.28. The lowest BCUT2D eigenvalue weighted by atomic mass is 9.90. The van der Waals surface area contributed by atoms with Gasteiger partial charge in [0.2, 0.25) is 5.95 Å². The molecule has 130 valence electrons. The van der Waals surface area contributed by atoms with Crippen LogP contribution in [0.1, 0.15) is 31.4 Å². The molecule has 2 aromatic rings. The van der Waals surface area contributed by atoms with Crippen LogP contribution in [0.25, 0.3) is 0 Å². The zero-order chi connectivity index (χ0) is 17.3. The fourth-order valence-corrected chi connectivity index (χ4v) is 2.53. The van der Waals surface area contributed by atoms with Crippen LogP contribution in [-0.4, -0.2) is 37.5 Å². The Morgan fingerprint density at radius 2 is 2.12 bits per heavy atom. The molecule has 0 unspecified atom stereocenters. The number of alkyl halides is 3. The smallest absolute Gasteiger partial charge is 0.393 e. The highest BCUT2D eigenvalue weighted by molar-refractivity contribution is 5.54. The van der Waals surface area contributed by atoms with Crippen molar-refractivity contribution in [3.05, 3.63) is 24.0 Å². The number of aromatic nitrogens is 4. The van der Waals surface area contributed by atoms with Crippen molar-refractivity contribution >= 4 is 17.6 Å². The summed E-state index contributed by atoms with van der Waals surface area (Å²) in [5.41, 5.74) is -0.912. The fraction of sp³-hybridized carbons (Fsp3) is 0.500. The van der Waals surface area contributed by atoms with E-state index in [2.05, 4.69) is 25.7 Å². The molecule has 3 N–H and O–H groups in total. The lowest BCUT2D eigenvalue weighted by Crippen LogP contribution is -2.31. The van der Waals surface area contributed by atoms with Gasteiger partial charge in [-0.05, 0) is 19.8 Å². The van der Waals surface area contributed by atoms with E-state index in [1.165, 1.54) is 0 Å². The van der Waals surface area contributed by atoms with Crippen LogP contribution in [-0.2, 0) is 6.18 Å². The average molecular weight is 342 g/mol. The molecule has 1 fully saturated rings. The molecule has 3 rings (SSSR count). The van der Waals surface area contributed by atoms with Gasteiger partial charge in [0, 0.05) is 18.8 Å². The molecule has 7 nitrogen and oxygen atoms in total. The number of rotatable bonds is 5. The van der Waals surface area contributed by atoms with Crippen molar-refractivity contribution < 1.29 is 18.3 Å². The Balaban J connectivity index is 1.83. The van der Waals surface area contributed by atoms with Crippen molar-refractivity contribution in [1.82, 2.24) is 19.7 Å². The van der Waals surface area contributed by atoms with Crippen LogP contribution >= 0.6 is 0 Å². The van der Waals surface area contributed by atoms with Crippen LogP contribution in [0.15, 0.2) is 18.5 Å². The Bertz CT molecular complexity index is 711. The van der Waals surface area contributed by atoms with E-state index < -0.39 is 11.7 Å². The largest absolute Gasteiger partial charge is 0.421 e. The lowest BCUT2D eigenvalue weighted by Gasteiger charge is -2.32. The van der Waals surface area contributed by atoms with Gasteiger partial charge >= 0.3 is 6.18 Å². The summed E-state index contributed by atoms with van der Waals surface area (Å²) in [6, 6.07) is 1.73. The van der Waals surface area contributed by atoms with Crippen LogP contribution in [0.4, 0.5) is 30.8 Å². The first-order valence-corrected chi connectivity index (χ1v) is 7.55. The van der Waals surface area contributed by atoms with Gasteiger partial charge in [0.25, 0.3) is 0 Å². The summed E-state index contributed by atoms with van der Waals surface area (Å²) in [6.07, 6.45) is -1.36. The second kappa shape index (κ2) is 6.27. The number of aliphatic hydroxyl groups is 1. The molecule has 0 aliphatic heterocycles. The fourth-order valence-electron chi connectivity index (χ4n) is 2.53. The summed E-state index contributed by atoms with van der Waals surface area (Å²) < 4.78 is 40.6. The standard InChI is InChI=1S/C14H17F3N6O/c1-2-18-12-10(14(15,16)17)7-19-13(22-12)21-11-3-4-20-23(11)8-5-9(24)6-8/h3-4,7-9,24H,2,5-6H2,1H3,(H2,18,19,21,22)/t8-,9+. The first-order valence-electron chi connectivity index (χ1n) is 7.55. The van der Waals surface area contributed by atoms with Crippen molar-refractivity contribution in [2.75, 3.05) is 17.2 Å². The number of halogens is 3. The number of hydrogen-bond acceptors (Lipinski definition) is 6. The van der Waals surface area contributed by atoms with Gasteiger partial charge in [0.05, 0.1) is 18.3 Å². The molecule has 0 atom stereocenters. The third-order valence-electron chi connectivity index (χ3n) is 3.78. The molecule has 1 saturated carbocycles. The highest BCUT2D eigenvalue weighted by Gasteiger charge is 2.35. The van der Waals surface area contributed by atoms with E-state index in [0.717, 1.165) is 6.20 Å². The van der Waals surface area contributed by atoms with E-state index in [-0.39, 0.29) is 23.9 Å². The van der Waals surface area contributed by atoms with E-state index in [0.29, 0.717) is 25.2 Å². The molecule has 0 amide bonds. The van der Waals surface area contributed by atoms with Gasteiger partial charge < -0.3 is 15.7 Å². The Morgan fingerprint density at radius 1 is 1.38 bits per heavy atom. The Kier molecular flexibility index (Phi) is 4.31. The Morgan fingerprint density at radius 3 is 2.75 bits per heavy atom. The minimum absolute atomic E-state index is 0.0422. The number of nitrogens with one attached hydrogen (secondary N) is 2. The van der Waals surface area contributed by atoms with E-state index >= 15 is 0 Å². The quantitative estimate of drug-likeness (QED) is 0.774. The third-order valence-corrected chi connectivity index (χ3v) is 3.78. The maximum Gasteiger partial charge on any atom is 0.421 e. The van der Waals surface area contributed by atoms with Crippen molar-refractivity contribution in [3.63, 3.8) is 0 Å². The normalized spacial score (nSPS) is 20.5. The molecule has 24 heavy (non-hydrogen) atoms. The molecule has 0 spiro atoms. The molecule has 0 bridgehead atoms. The van der Waals surface area contributed by atoms with Gasteiger partial charge in [-0.15, -0.1) is 0 Å². The van der Waals surface area contributed by atoms with Crippen LogP contribution in [0.3, 0.4) is 0 Å². The molecular weight excluding hydrogens is 325 g/mol. The summed E-state index contributed by atoms with van der Waals surface area (Å²) in [5, 5.41) is 19.1. The van der Waals surface area contributed by atoms with Crippen LogP contribution in [0, 0.1) is 0 Å². The number of hydrogen-bond donors (Lipinski definition) is 3. The monoisotopic (exact) mass is 342 g/mol.